The lowest BCUT2D eigenvalue weighted by Crippen LogP contribution is -2.12. The highest BCUT2D eigenvalue weighted by molar-refractivity contribution is 9.10. The molecule has 0 aliphatic heterocycles. The Balaban J connectivity index is 2.21. The van der Waals surface area contributed by atoms with Gasteiger partial charge in [0.05, 0.1) is 4.47 Å². The van der Waals surface area contributed by atoms with Crippen LogP contribution in [0.15, 0.2) is 57.0 Å². The van der Waals surface area contributed by atoms with E-state index in [2.05, 4.69) is 57.4 Å². The van der Waals surface area contributed by atoms with Crippen LogP contribution in [0.5, 0.6) is 0 Å². The normalized spacial score (nSPS) is 10.6. The summed E-state index contributed by atoms with van der Waals surface area (Å²) in [6, 6.07) is 12.4. The van der Waals surface area contributed by atoms with Crippen LogP contribution in [-0.2, 0) is 6.54 Å². The average molecular weight is 323 g/mol. The van der Waals surface area contributed by atoms with Crippen LogP contribution >= 0.6 is 27.7 Å². The third kappa shape index (κ3) is 3.57. The van der Waals surface area contributed by atoms with E-state index in [1.807, 2.05) is 18.3 Å². The van der Waals surface area contributed by atoms with E-state index in [9.17, 15) is 0 Å². The van der Waals surface area contributed by atoms with Gasteiger partial charge in [0.1, 0.15) is 5.03 Å². The molecule has 0 atom stereocenters. The molecule has 1 heterocycles. The summed E-state index contributed by atoms with van der Waals surface area (Å²) in [5.74, 6) is 0. The smallest absolute Gasteiger partial charge is 0.115 e. The number of benzene rings is 1. The molecule has 1 N–H and O–H groups in total. The van der Waals surface area contributed by atoms with Gasteiger partial charge >= 0.3 is 0 Å². The van der Waals surface area contributed by atoms with E-state index in [4.69, 9.17) is 0 Å². The minimum atomic E-state index is 0.893. The van der Waals surface area contributed by atoms with Gasteiger partial charge in [-0.3, -0.25) is 0 Å². The number of pyridine rings is 1. The van der Waals surface area contributed by atoms with Crippen LogP contribution in [0, 0.1) is 0 Å². The number of nitrogens with one attached hydrogen (secondary N) is 1. The molecule has 94 valence electrons. The Morgan fingerprint density at radius 1 is 1.22 bits per heavy atom. The van der Waals surface area contributed by atoms with Gasteiger partial charge in [-0.25, -0.2) is 4.98 Å². The first-order chi connectivity index (χ1) is 8.81. The fourth-order valence-electron chi connectivity index (χ4n) is 1.56. The zero-order valence-electron chi connectivity index (χ0n) is 10.2. The molecule has 0 amide bonds. The second-order valence-corrected chi connectivity index (χ2v) is 5.67. The SMILES string of the molecule is CCNCc1ccccc1Sc1ncccc1Br. The lowest BCUT2D eigenvalue weighted by molar-refractivity contribution is 0.718. The molecule has 2 nitrogen and oxygen atoms in total. The fourth-order valence-corrected chi connectivity index (χ4v) is 2.96. The molecule has 1 aromatic carbocycles. The number of halogens is 1. The Morgan fingerprint density at radius 2 is 2.06 bits per heavy atom. The molecule has 0 saturated carbocycles. The number of rotatable bonds is 5. The van der Waals surface area contributed by atoms with Crippen LogP contribution in [0.25, 0.3) is 0 Å². The van der Waals surface area contributed by atoms with Crippen molar-refractivity contribution >= 4 is 27.7 Å². The fraction of sp³-hybridized carbons (Fsp3) is 0.214. The molecule has 2 rings (SSSR count). The first-order valence-corrected chi connectivity index (χ1v) is 7.49. The Labute approximate surface area is 120 Å². The van der Waals surface area contributed by atoms with Crippen molar-refractivity contribution in [2.75, 3.05) is 6.54 Å². The van der Waals surface area contributed by atoms with E-state index in [1.54, 1.807) is 11.8 Å². The summed E-state index contributed by atoms with van der Waals surface area (Å²) in [7, 11) is 0. The van der Waals surface area contributed by atoms with Crippen molar-refractivity contribution in [3.05, 3.63) is 52.6 Å². The quantitative estimate of drug-likeness (QED) is 0.896. The van der Waals surface area contributed by atoms with Crippen LogP contribution in [0.2, 0.25) is 0 Å². The van der Waals surface area contributed by atoms with E-state index in [0.29, 0.717) is 0 Å². The second-order valence-electron chi connectivity index (χ2n) is 3.78. The molecule has 0 aliphatic rings. The van der Waals surface area contributed by atoms with Gasteiger partial charge in [0.2, 0.25) is 0 Å². The predicted octanol–water partition coefficient (Wildman–Crippen LogP) is 4.10. The van der Waals surface area contributed by atoms with Gasteiger partial charge in [-0.2, -0.15) is 0 Å². The van der Waals surface area contributed by atoms with E-state index in [0.717, 1.165) is 22.6 Å². The number of hydrogen-bond donors (Lipinski definition) is 1. The summed E-state index contributed by atoms with van der Waals surface area (Å²) in [4.78, 5) is 5.64. The van der Waals surface area contributed by atoms with E-state index in [1.165, 1.54) is 10.5 Å². The summed E-state index contributed by atoms with van der Waals surface area (Å²) < 4.78 is 1.04. The average Bonchev–Trinajstić information content (AvgIpc) is 2.40. The summed E-state index contributed by atoms with van der Waals surface area (Å²) >= 11 is 5.23. The van der Waals surface area contributed by atoms with E-state index >= 15 is 0 Å². The van der Waals surface area contributed by atoms with Crippen molar-refractivity contribution in [1.29, 1.82) is 0 Å². The van der Waals surface area contributed by atoms with Crippen LogP contribution in [0.1, 0.15) is 12.5 Å². The predicted molar refractivity (Wildman–Crippen MR) is 79.9 cm³/mol. The Bertz CT molecular complexity index is 517. The number of aromatic nitrogens is 1. The Hall–Kier alpha value is -0.840. The maximum atomic E-state index is 4.39. The largest absolute Gasteiger partial charge is 0.313 e. The third-order valence-corrected chi connectivity index (χ3v) is 4.51. The molecule has 1 aromatic heterocycles. The highest BCUT2D eigenvalue weighted by Gasteiger charge is 2.06. The maximum Gasteiger partial charge on any atom is 0.115 e. The van der Waals surface area contributed by atoms with Crippen LogP contribution in [0.4, 0.5) is 0 Å². The zero-order valence-corrected chi connectivity index (χ0v) is 12.6. The Morgan fingerprint density at radius 3 is 2.83 bits per heavy atom. The molecular formula is C14H15BrN2S. The van der Waals surface area contributed by atoms with Crippen LogP contribution in [0.3, 0.4) is 0 Å². The molecule has 0 bridgehead atoms. The van der Waals surface area contributed by atoms with Gasteiger partial charge in [-0.1, -0.05) is 36.9 Å². The van der Waals surface area contributed by atoms with Gasteiger partial charge < -0.3 is 5.32 Å². The molecule has 18 heavy (non-hydrogen) atoms. The molecule has 0 aliphatic carbocycles. The van der Waals surface area contributed by atoms with Crippen molar-refractivity contribution in [1.82, 2.24) is 10.3 Å². The summed E-state index contributed by atoms with van der Waals surface area (Å²) in [5, 5.41) is 4.36. The minimum absolute atomic E-state index is 0.893. The van der Waals surface area contributed by atoms with Gasteiger partial charge in [-0.15, -0.1) is 0 Å². The lowest BCUT2D eigenvalue weighted by atomic mass is 10.2. The summed E-state index contributed by atoms with van der Waals surface area (Å²) in [5.41, 5.74) is 1.31. The highest BCUT2D eigenvalue weighted by atomic mass is 79.9. The molecule has 0 saturated heterocycles. The van der Waals surface area contributed by atoms with Crippen molar-refractivity contribution in [3.63, 3.8) is 0 Å². The summed E-state index contributed by atoms with van der Waals surface area (Å²) in [6.07, 6.45) is 1.82. The van der Waals surface area contributed by atoms with Gasteiger partial charge in [-0.05, 0) is 46.2 Å². The standard InChI is InChI=1S/C14H15BrN2S/c1-2-16-10-11-6-3-4-8-13(11)18-14-12(15)7-5-9-17-14/h3-9,16H,2,10H2,1H3. The molecule has 4 heteroatoms. The number of hydrogen-bond acceptors (Lipinski definition) is 3. The molecule has 0 unspecified atom stereocenters. The lowest BCUT2D eigenvalue weighted by Gasteiger charge is -2.09. The van der Waals surface area contributed by atoms with E-state index in [-0.39, 0.29) is 0 Å². The van der Waals surface area contributed by atoms with Crippen molar-refractivity contribution in [2.45, 2.75) is 23.4 Å². The van der Waals surface area contributed by atoms with Crippen LogP contribution in [-0.4, -0.2) is 11.5 Å². The monoisotopic (exact) mass is 322 g/mol. The molecule has 2 aromatic rings. The highest BCUT2D eigenvalue weighted by Crippen LogP contribution is 2.33. The first kappa shape index (κ1) is 13.6. The van der Waals surface area contributed by atoms with E-state index < -0.39 is 0 Å². The van der Waals surface area contributed by atoms with Crippen LogP contribution < -0.4 is 5.32 Å². The molecule has 0 fully saturated rings. The third-order valence-electron chi connectivity index (χ3n) is 2.47. The van der Waals surface area contributed by atoms with Crippen molar-refractivity contribution in [2.24, 2.45) is 0 Å². The van der Waals surface area contributed by atoms with Gasteiger partial charge in [0.25, 0.3) is 0 Å². The molecule has 0 spiro atoms. The van der Waals surface area contributed by atoms with Gasteiger partial charge in [0, 0.05) is 17.6 Å². The van der Waals surface area contributed by atoms with Gasteiger partial charge in [0.15, 0.2) is 0 Å². The zero-order chi connectivity index (χ0) is 12.8. The summed E-state index contributed by atoms with van der Waals surface area (Å²) in [6.45, 7) is 3.99. The maximum absolute atomic E-state index is 4.39. The Kier molecular flexibility index (Phi) is 5.23. The van der Waals surface area contributed by atoms with Crippen molar-refractivity contribution in [3.8, 4) is 0 Å². The minimum Gasteiger partial charge on any atom is -0.313 e. The number of nitrogens with zero attached hydrogens (tertiary/aromatic N) is 1. The van der Waals surface area contributed by atoms with Crippen molar-refractivity contribution < 1.29 is 0 Å². The molecular weight excluding hydrogens is 308 g/mol. The topological polar surface area (TPSA) is 24.9 Å². The first-order valence-electron chi connectivity index (χ1n) is 5.88. The second kappa shape index (κ2) is 6.92. The molecule has 0 radical (unpaired) electrons.